The first-order chi connectivity index (χ1) is 12.0. The fraction of sp³-hybridized carbons (Fsp3) is 0.500. The summed E-state index contributed by atoms with van der Waals surface area (Å²) in [6.45, 7) is 2.21. The van der Waals surface area contributed by atoms with Gasteiger partial charge in [-0.25, -0.2) is 8.42 Å². The fourth-order valence-corrected chi connectivity index (χ4v) is 3.99. The minimum Gasteiger partial charge on any atom is -0.385 e. The van der Waals surface area contributed by atoms with E-state index in [9.17, 15) is 18.0 Å². The highest BCUT2D eigenvalue weighted by Crippen LogP contribution is 2.18. The van der Waals surface area contributed by atoms with Gasteiger partial charge in [0.2, 0.25) is 16.4 Å². The molecule has 138 valence electrons. The molecule has 0 atom stereocenters. The van der Waals surface area contributed by atoms with Gasteiger partial charge >= 0.3 is 0 Å². The van der Waals surface area contributed by atoms with Crippen molar-refractivity contribution >= 4 is 22.3 Å². The number of piperazine rings is 1. The second kappa shape index (κ2) is 8.93. The average molecular weight is 369 g/mol. The number of hydrogen-bond donors (Lipinski definition) is 1. The van der Waals surface area contributed by atoms with E-state index in [0.717, 1.165) is 6.41 Å². The lowest BCUT2D eigenvalue weighted by molar-refractivity contribution is -0.119. The zero-order valence-corrected chi connectivity index (χ0v) is 15.0. The van der Waals surface area contributed by atoms with Gasteiger partial charge in [-0.2, -0.15) is 4.31 Å². The van der Waals surface area contributed by atoms with Crippen molar-refractivity contribution in [3.05, 3.63) is 29.8 Å². The SMILES string of the molecule is COCCCNC(=O)c1cccc(S(=O)(=O)N2CCN(C=O)CC2)c1. The Morgan fingerprint density at radius 1 is 1.28 bits per heavy atom. The molecule has 0 radical (unpaired) electrons. The number of benzene rings is 1. The first-order valence-electron chi connectivity index (χ1n) is 8.05. The molecule has 1 saturated heterocycles. The molecule has 1 aliphatic heterocycles. The minimum atomic E-state index is -3.69. The Morgan fingerprint density at radius 2 is 2.00 bits per heavy atom. The Balaban J connectivity index is 2.06. The number of methoxy groups -OCH3 is 1. The fourth-order valence-electron chi connectivity index (χ4n) is 2.52. The van der Waals surface area contributed by atoms with E-state index in [1.165, 1.54) is 21.3 Å². The van der Waals surface area contributed by atoms with E-state index in [0.29, 0.717) is 38.2 Å². The monoisotopic (exact) mass is 369 g/mol. The maximum absolute atomic E-state index is 12.7. The van der Waals surface area contributed by atoms with Gasteiger partial charge in [0.1, 0.15) is 0 Å². The van der Waals surface area contributed by atoms with E-state index in [4.69, 9.17) is 4.74 Å². The van der Waals surface area contributed by atoms with E-state index in [-0.39, 0.29) is 23.9 Å². The standard InChI is InChI=1S/C16H23N3O5S/c1-24-11-3-6-17-16(21)14-4-2-5-15(12-14)25(22,23)19-9-7-18(13-20)8-10-19/h2,4-5,12-13H,3,6-11H2,1H3,(H,17,21). The van der Waals surface area contributed by atoms with Gasteiger partial charge < -0.3 is 15.0 Å². The van der Waals surface area contributed by atoms with Crippen molar-refractivity contribution < 1.29 is 22.7 Å². The summed E-state index contributed by atoms with van der Waals surface area (Å²) in [6.07, 6.45) is 1.40. The number of hydrogen-bond acceptors (Lipinski definition) is 5. The lowest BCUT2D eigenvalue weighted by Gasteiger charge is -2.31. The molecule has 8 nitrogen and oxygen atoms in total. The van der Waals surface area contributed by atoms with Crippen molar-refractivity contribution in [3.8, 4) is 0 Å². The van der Waals surface area contributed by atoms with E-state index in [1.807, 2.05) is 0 Å². The van der Waals surface area contributed by atoms with Crippen LogP contribution in [0.1, 0.15) is 16.8 Å². The van der Waals surface area contributed by atoms with Crippen molar-refractivity contribution in [1.29, 1.82) is 0 Å². The van der Waals surface area contributed by atoms with Crippen LogP contribution in [0.5, 0.6) is 0 Å². The Morgan fingerprint density at radius 3 is 2.64 bits per heavy atom. The Kier molecular flexibility index (Phi) is 6.91. The number of amides is 2. The van der Waals surface area contributed by atoms with Gasteiger partial charge in [0.05, 0.1) is 4.90 Å². The Bertz CT molecular complexity index is 699. The highest BCUT2D eigenvalue weighted by Gasteiger charge is 2.28. The number of carbonyl (C=O) groups excluding carboxylic acids is 2. The quantitative estimate of drug-likeness (QED) is 0.511. The number of ether oxygens (including phenoxy) is 1. The van der Waals surface area contributed by atoms with Crippen molar-refractivity contribution in [2.75, 3.05) is 46.4 Å². The van der Waals surface area contributed by atoms with Crippen LogP contribution in [-0.4, -0.2) is 76.4 Å². The molecule has 1 fully saturated rings. The lowest BCUT2D eigenvalue weighted by Crippen LogP contribution is -2.48. The molecule has 1 aliphatic rings. The van der Waals surface area contributed by atoms with Crippen molar-refractivity contribution in [2.45, 2.75) is 11.3 Å². The molecule has 0 aliphatic carbocycles. The third-order valence-electron chi connectivity index (χ3n) is 3.97. The molecule has 1 aromatic carbocycles. The molecule has 0 aromatic heterocycles. The molecule has 1 aromatic rings. The van der Waals surface area contributed by atoms with Gasteiger partial charge in [-0.05, 0) is 24.6 Å². The van der Waals surface area contributed by atoms with Crippen LogP contribution >= 0.6 is 0 Å². The second-order valence-corrected chi connectivity index (χ2v) is 7.61. The minimum absolute atomic E-state index is 0.0802. The number of carbonyl (C=O) groups is 2. The van der Waals surface area contributed by atoms with Gasteiger partial charge in [0, 0.05) is 52.0 Å². The summed E-state index contributed by atoms with van der Waals surface area (Å²) >= 11 is 0. The smallest absolute Gasteiger partial charge is 0.251 e. The van der Waals surface area contributed by atoms with Gasteiger partial charge in [0.15, 0.2) is 0 Å². The zero-order chi connectivity index (χ0) is 18.3. The molecule has 0 unspecified atom stereocenters. The normalized spacial score (nSPS) is 15.8. The van der Waals surface area contributed by atoms with E-state index in [2.05, 4.69) is 5.32 Å². The maximum atomic E-state index is 12.7. The molecule has 9 heteroatoms. The van der Waals surface area contributed by atoms with Gasteiger partial charge in [0.25, 0.3) is 5.91 Å². The van der Waals surface area contributed by atoms with E-state index < -0.39 is 10.0 Å². The van der Waals surface area contributed by atoms with E-state index in [1.54, 1.807) is 19.2 Å². The van der Waals surface area contributed by atoms with Gasteiger partial charge in [-0.15, -0.1) is 0 Å². The Labute approximate surface area is 147 Å². The summed E-state index contributed by atoms with van der Waals surface area (Å²) in [7, 11) is -2.10. The Hall–Kier alpha value is -1.97. The van der Waals surface area contributed by atoms with Crippen LogP contribution in [0.3, 0.4) is 0 Å². The van der Waals surface area contributed by atoms with Crippen LogP contribution in [0.2, 0.25) is 0 Å². The zero-order valence-electron chi connectivity index (χ0n) is 14.2. The summed E-state index contributed by atoms with van der Waals surface area (Å²) in [5, 5.41) is 2.73. The summed E-state index contributed by atoms with van der Waals surface area (Å²) < 4.78 is 31.7. The highest BCUT2D eigenvalue weighted by molar-refractivity contribution is 7.89. The van der Waals surface area contributed by atoms with Crippen LogP contribution < -0.4 is 5.32 Å². The summed E-state index contributed by atoms with van der Waals surface area (Å²) in [6, 6.07) is 5.99. The van der Waals surface area contributed by atoms with Crippen LogP contribution in [0.4, 0.5) is 0 Å². The van der Waals surface area contributed by atoms with Crippen molar-refractivity contribution in [2.24, 2.45) is 0 Å². The lowest BCUT2D eigenvalue weighted by atomic mass is 10.2. The molecule has 25 heavy (non-hydrogen) atoms. The number of nitrogens with zero attached hydrogens (tertiary/aromatic N) is 2. The summed E-state index contributed by atoms with van der Waals surface area (Å²) in [5.74, 6) is -0.320. The molecule has 1 heterocycles. The molecule has 0 bridgehead atoms. The van der Waals surface area contributed by atoms with Crippen LogP contribution in [0.25, 0.3) is 0 Å². The molecule has 1 N–H and O–H groups in total. The van der Waals surface area contributed by atoms with Crippen molar-refractivity contribution in [1.82, 2.24) is 14.5 Å². The predicted molar refractivity (Wildman–Crippen MR) is 91.7 cm³/mol. The summed E-state index contributed by atoms with van der Waals surface area (Å²) in [4.78, 5) is 24.5. The average Bonchev–Trinajstić information content (AvgIpc) is 2.65. The van der Waals surface area contributed by atoms with Crippen LogP contribution in [-0.2, 0) is 19.6 Å². The number of rotatable bonds is 8. The molecule has 0 saturated carbocycles. The first-order valence-corrected chi connectivity index (χ1v) is 9.49. The molecule has 2 rings (SSSR count). The molecular formula is C16H23N3O5S. The number of nitrogens with one attached hydrogen (secondary N) is 1. The van der Waals surface area contributed by atoms with Crippen LogP contribution in [0, 0.1) is 0 Å². The van der Waals surface area contributed by atoms with Gasteiger partial charge in [-0.1, -0.05) is 6.07 Å². The topological polar surface area (TPSA) is 96.0 Å². The second-order valence-electron chi connectivity index (χ2n) is 5.68. The third kappa shape index (κ3) is 5.00. The predicted octanol–water partition coefficient (Wildman–Crippen LogP) is -0.0844. The van der Waals surface area contributed by atoms with E-state index >= 15 is 0 Å². The third-order valence-corrected chi connectivity index (χ3v) is 5.86. The molecular weight excluding hydrogens is 346 g/mol. The molecule has 0 spiro atoms. The van der Waals surface area contributed by atoms with Crippen LogP contribution in [0.15, 0.2) is 29.2 Å². The first kappa shape index (κ1) is 19.4. The van der Waals surface area contributed by atoms with Gasteiger partial charge in [-0.3, -0.25) is 9.59 Å². The van der Waals surface area contributed by atoms with Crippen molar-refractivity contribution in [3.63, 3.8) is 0 Å². The summed E-state index contributed by atoms with van der Waals surface area (Å²) in [5.41, 5.74) is 0.296. The number of sulfonamides is 1. The maximum Gasteiger partial charge on any atom is 0.251 e. The molecule has 2 amide bonds. The largest absolute Gasteiger partial charge is 0.385 e. The highest BCUT2D eigenvalue weighted by atomic mass is 32.2.